The fourth-order valence-corrected chi connectivity index (χ4v) is 2.17. The third-order valence-electron chi connectivity index (χ3n) is 3.43. The third kappa shape index (κ3) is 7.48. The van der Waals surface area contributed by atoms with Gasteiger partial charge in [0.15, 0.2) is 0 Å². The summed E-state index contributed by atoms with van der Waals surface area (Å²) in [6.07, 6.45) is -6.11. The number of carbonyl (C=O) groups excluding carboxylic acids is 2. The fraction of sp³-hybridized carbons (Fsp3) is 0.222. The molecule has 29 heavy (non-hydrogen) atoms. The first kappa shape index (κ1) is 21.7. The number of ether oxygens (including phenoxy) is 2. The summed E-state index contributed by atoms with van der Waals surface area (Å²) in [5, 5.41) is 10.6. The molecular weight excluding hydrogens is 397 g/mol. The van der Waals surface area contributed by atoms with Crippen LogP contribution in [0.2, 0.25) is 0 Å². The molecule has 0 radical (unpaired) electrons. The van der Waals surface area contributed by atoms with Gasteiger partial charge in [0.1, 0.15) is 25.4 Å². The van der Waals surface area contributed by atoms with E-state index in [0.29, 0.717) is 5.56 Å². The zero-order valence-electron chi connectivity index (χ0n) is 14.8. The predicted octanol–water partition coefficient (Wildman–Crippen LogP) is 3.70. The highest BCUT2D eigenvalue weighted by Gasteiger charge is 2.35. The van der Waals surface area contributed by atoms with E-state index < -0.39 is 36.3 Å². The SMILES string of the molecule is O=C(CN(CC(F)(F)F)C(=O)OCc1ccccc1)Oc1ccc([N+](=O)[O-])cc1. The van der Waals surface area contributed by atoms with Crippen molar-refractivity contribution in [2.75, 3.05) is 13.1 Å². The largest absolute Gasteiger partial charge is 0.445 e. The van der Waals surface area contributed by atoms with Gasteiger partial charge in [0.25, 0.3) is 5.69 Å². The Balaban J connectivity index is 1.99. The average Bonchev–Trinajstić information content (AvgIpc) is 2.65. The predicted molar refractivity (Wildman–Crippen MR) is 93.0 cm³/mol. The maximum atomic E-state index is 12.8. The lowest BCUT2D eigenvalue weighted by Gasteiger charge is -2.22. The molecule has 2 aromatic rings. The van der Waals surface area contributed by atoms with E-state index >= 15 is 0 Å². The highest BCUT2D eigenvalue weighted by Crippen LogP contribution is 2.19. The summed E-state index contributed by atoms with van der Waals surface area (Å²) in [7, 11) is 0. The molecule has 0 saturated heterocycles. The molecule has 11 heteroatoms. The van der Waals surface area contributed by atoms with Crippen LogP contribution in [0.5, 0.6) is 5.75 Å². The summed E-state index contributed by atoms with van der Waals surface area (Å²) in [6.45, 7) is -3.01. The summed E-state index contributed by atoms with van der Waals surface area (Å²) in [5.41, 5.74) is 0.300. The number of amides is 1. The number of hydrogen-bond donors (Lipinski definition) is 0. The lowest BCUT2D eigenvalue weighted by atomic mass is 10.2. The molecule has 2 rings (SSSR count). The molecule has 0 aliphatic rings. The number of rotatable bonds is 7. The minimum Gasteiger partial charge on any atom is -0.445 e. The van der Waals surface area contributed by atoms with E-state index in [0.717, 1.165) is 24.3 Å². The van der Waals surface area contributed by atoms with Gasteiger partial charge in [-0.1, -0.05) is 30.3 Å². The number of nitro groups is 1. The molecule has 0 heterocycles. The Morgan fingerprint density at radius 3 is 2.21 bits per heavy atom. The van der Waals surface area contributed by atoms with Crippen molar-refractivity contribution in [3.05, 3.63) is 70.3 Å². The number of carbonyl (C=O) groups is 2. The van der Waals surface area contributed by atoms with Gasteiger partial charge < -0.3 is 9.47 Å². The summed E-state index contributed by atoms with van der Waals surface area (Å²) in [6, 6.07) is 12.6. The van der Waals surface area contributed by atoms with Crippen LogP contribution in [0.4, 0.5) is 23.7 Å². The van der Waals surface area contributed by atoms with Crippen LogP contribution in [0.3, 0.4) is 0 Å². The Labute approximate surface area is 162 Å². The first-order valence-corrected chi connectivity index (χ1v) is 8.11. The molecule has 154 valence electrons. The average molecular weight is 412 g/mol. The quantitative estimate of drug-likeness (QED) is 0.298. The van der Waals surface area contributed by atoms with E-state index in [-0.39, 0.29) is 22.9 Å². The zero-order valence-corrected chi connectivity index (χ0v) is 14.8. The second kappa shape index (κ2) is 9.53. The third-order valence-corrected chi connectivity index (χ3v) is 3.43. The summed E-state index contributed by atoms with van der Waals surface area (Å²) in [5.74, 6) is -1.29. The first-order chi connectivity index (χ1) is 13.6. The number of benzene rings is 2. The van der Waals surface area contributed by atoms with Crippen LogP contribution < -0.4 is 4.74 Å². The molecule has 8 nitrogen and oxygen atoms in total. The van der Waals surface area contributed by atoms with E-state index in [1.54, 1.807) is 30.3 Å². The normalized spacial score (nSPS) is 10.9. The maximum Gasteiger partial charge on any atom is 0.410 e. The van der Waals surface area contributed by atoms with Crippen LogP contribution in [0.1, 0.15) is 5.56 Å². The van der Waals surface area contributed by atoms with E-state index in [9.17, 15) is 32.9 Å². The Morgan fingerprint density at radius 1 is 1.03 bits per heavy atom. The Morgan fingerprint density at radius 2 is 1.66 bits per heavy atom. The second-order valence-electron chi connectivity index (χ2n) is 5.74. The zero-order chi connectivity index (χ0) is 21.4. The van der Waals surface area contributed by atoms with Crippen molar-refractivity contribution in [2.45, 2.75) is 12.8 Å². The number of halogens is 3. The molecule has 0 N–H and O–H groups in total. The molecule has 2 aromatic carbocycles. The Hall–Kier alpha value is -3.63. The van der Waals surface area contributed by atoms with E-state index in [4.69, 9.17) is 9.47 Å². The number of esters is 1. The molecule has 0 saturated carbocycles. The number of non-ortho nitro benzene ring substituents is 1. The highest BCUT2D eigenvalue weighted by molar-refractivity contribution is 5.79. The number of hydrogen-bond acceptors (Lipinski definition) is 6. The van der Waals surface area contributed by atoms with E-state index in [2.05, 4.69) is 0 Å². The standard InChI is InChI=1S/C18H15F3N2O6/c19-18(20,21)12-22(17(25)28-11-13-4-2-1-3-5-13)10-16(24)29-15-8-6-14(7-9-15)23(26)27/h1-9H,10-12H2. The Bertz CT molecular complexity index is 856. The summed E-state index contributed by atoms with van der Waals surface area (Å²) in [4.78, 5) is 34.0. The number of nitro benzene ring substituents is 1. The van der Waals surface area contributed by atoms with Crippen LogP contribution in [0, 0.1) is 10.1 Å². The van der Waals surface area contributed by atoms with Gasteiger partial charge >= 0.3 is 18.2 Å². The molecule has 0 unspecified atom stereocenters. The maximum absolute atomic E-state index is 12.8. The molecule has 0 aliphatic carbocycles. The Kier molecular flexibility index (Phi) is 7.12. The number of alkyl halides is 3. The monoisotopic (exact) mass is 412 g/mol. The molecule has 0 spiro atoms. The van der Waals surface area contributed by atoms with Crippen molar-refractivity contribution < 1.29 is 37.2 Å². The van der Waals surface area contributed by atoms with Crippen molar-refractivity contribution in [1.82, 2.24) is 4.90 Å². The lowest BCUT2D eigenvalue weighted by molar-refractivity contribution is -0.384. The van der Waals surface area contributed by atoms with Crippen molar-refractivity contribution in [3.8, 4) is 5.75 Å². The lowest BCUT2D eigenvalue weighted by Crippen LogP contribution is -2.43. The van der Waals surface area contributed by atoms with Crippen LogP contribution >= 0.6 is 0 Å². The van der Waals surface area contributed by atoms with Crippen LogP contribution in [0.15, 0.2) is 54.6 Å². The molecule has 0 fully saturated rings. The topological polar surface area (TPSA) is 99.0 Å². The van der Waals surface area contributed by atoms with Gasteiger partial charge in [-0.3, -0.25) is 15.0 Å². The minimum atomic E-state index is -4.76. The highest BCUT2D eigenvalue weighted by atomic mass is 19.4. The second-order valence-corrected chi connectivity index (χ2v) is 5.74. The molecule has 0 aromatic heterocycles. The fourth-order valence-electron chi connectivity index (χ4n) is 2.17. The molecule has 0 atom stereocenters. The molecule has 0 bridgehead atoms. The van der Waals surface area contributed by atoms with Gasteiger partial charge in [-0.2, -0.15) is 13.2 Å². The van der Waals surface area contributed by atoms with Gasteiger partial charge in [-0.05, 0) is 17.7 Å². The molecule has 1 amide bonds. The smallest absolute Gasteiger partial charge is 0.410 e. The number of nitrogens with zero attached hydrogens (tertiary/aromatic N) is 2. The molecule has 0 aliphatic heterocycles. The van der Waals surface area contributed by atoms with E-state index in [1.807, 2.05) is 0 Å². The van der Waals surface area contributed by atoms with Crippen LogP contribution in [-0.4, -0.2) is 41.2 Å². The van der Waals surface area contributed by atoms with Gasteiger partial charge in [0.05, 0.1) is 4.92 Å². The van der Waals surface area contributed by atoms with Gasteiger partial charge in [0, 0.05) is 12.1 Å². The van der Waals surface area contributed by atoms with Crippen molar-refractivity contribution >= 4 is 17.7 Å². The summed E-state index contributed by atoms with van der Waals surface area (Å²) >= 11 is 0. The van der Waals surface area contributed by atoms with Gasteiger partial charge in [-0.15, -0.1) is 0 Å². The van der Waals surface area contributed by atoms with E-state index in [1.165, 1.54) is 0 Å². The minimum absolute atomic E-state index is 0.120. The van der Waals surface area contributed by atoms with Gasteiger partial charge in [0.2, 0.25) is 0 Å². The van der Waals surface area contributed by atoms with Crippen molar-refractivity contribution in [2.24, 2.45) is 0 Å². The van der Waals surface area contributed by atoms with Gasteiger partial charge in [-0.25, -0.2) is 9.59 Å². The summed E-state index contributed by atoms with van der Waals surface area (Å²) < 4.78 is 47.9. The first-order valence-electron chi connectivity index (χ1n) is 8.11. The van der Waals surface area contributed by atoms with Crippen molar-refractivity contribution in [3.63, 3.8) is 0 Å². The molecular formula is C18H15F3N2O6. The van der Waals surface area contributed by atoms with Crippen molar-refractivity contribution in [1.29, 1.82) is 0 Å². The van der Waals surface area contributed by atoms with Crippen LogP contribution in [-0.2, 0) is 16.1 Å². The van der Waals surface area contributed by atoms with Crippen LogP contribution in [0.25, 0.3) is 0 Å².